The van der Waals surface area contributed by atoms with Gasteiger partial charge in [0.2, 0.25) is 0 Å². The molecule has 5 nitrogen and oxygen atoms in total. The van der Waals surface area contributed by atoms with Gasteiger partial charge in [-0.3, -0.25) is 4.98 Å². The quantitative estimate of drug-likeness (QED) is 0.176. The molecule has 0 atom stereocenters. The van der Waals surface area contributed by atoms with Gasteiger partial charge in [0.1, 0.15) is 33.5 Å². The first-order chi connectivity index (χ1) is 35.5. The summed E-state index contributed by atoms with van der Waals surface area (Å²) in [4.78, 5) is 7.30. The van der Waals surface area contributed by atoms with Crippen LogP contribution in [0.25, 0.3) is 110 Å². The average molecular weight is 941 g/mol. The Hall–Kier alpha value is -8.67. The van der Waals surface area contributed by atoms with Crippen LogP contribution in [0, 0.1) is 0 Å². The van der Waals surface area contributed by atoms with E-state index in [1.54, 1.807) is 0 Å². The molecule has 0 saturated carbocycles. The van der Waals surface area contributed by atoms with Crippen molar-refractivity contribution in [3.8, 4) is 44.6 Å². The number of nitrogens with zero attached hydrogens (tertiary/aromatic N) is 2. The van der Waals surface area contributed by atoms with Gasteiger partial charge in [0, 0.05) is 89.0 Å². The highest BCUT2D eigenvalue weighted by Gasteiger charge is 2.49. The molecule has 3 aliphatic carbocycles. The average Bonchev–Trinajstić information content (AvgIpc) is 4.36. The van der Waals surface area contributed by atoms with Gasteiger partial charge in [0.25, 0.3) is 0 Å². The zero-order valence-electron chi connectivity index (χ0n) is 41.4. The minimum Gasteiger partial charge on any atom is -0.456 e. The van der Waals surface area contributed by atoms with Gasteiger partial charge in [0.15, 0.2) is 0 Å². The Bertz CT molecular complexity index is 4600. The van der Waals surface area contributed by atoms with Crippen molar-refractivity contribution >= 4 is 82.9 Å². The number of anilines is 3. The molecule has 3 aliphatic rings. The predicted molar refractivity (Wildman–Crippen MR) is 299 cm³/mol. The lowest BCUT2D eigenvalue weighted by Gasteiger charge is -2.32. The third kappa shape index (κ3) is 5.19. The van der Waals surface area contributed by atoms with Gasteiger partial charge in [-0.1, -0.05) is 139 Å². The van der Waals surface area contributed by atoms with Gasteiger partial charge in [0.05, 0.1) is 5.69 Å². The highest BCUT2D eigenvalue weighted by atomic mass is 16.3. The zero-order valence-corrected chi connectivity index (χ0v) is 41.4. The monoisotopic (exact) mass is 940 g/mol. The van der Waals surface area contributed by atoms with Crippen LogP contribution in [-0.4, -0.2) is 4.98 Å². The van der Waals surface area contributed by atoms with Gasteiger partial charge in [-0.25, -0.2) is 0 Å². The Kier molecular flexibility index (Phi) is 7.77. The first-order valence-corrected chi connectivity index (χ1v) is 25.5. The number of furan rings is 3. The molecule has 4 heterocycles. The van der Waals surface area contributed by atoms with Gasteiger partial charge in [-0.2, -0.15) is 0 Å². The number of hydrogen-bond acceptors (Lipinski definition) is 5. The van der Waals surface area contributed by atoms with Gasteiger partial charge < -0.3 is 18.2 Å². The molecule has 4 aromatic heterocycles. The van der Waals surface area contributed by atoms with E-state index in [4.69, 9.17) is 18.2 Å². The molecule has 73 heavy (non-hydrogen) atoms. The van der Waals surface area contributed by atoms with Crippen LogP contribution in [0.1, 0.15) is 74.9 Å². The van der Waals surface area contributed by atoms with Crippen molar-refractivity contribution in [2.24, 2.45) is 0 Å². The maximum absolute atomic E-state index is 7.01. The second-order valence-corrected chi connectivity index (χ2v) is 22.2. The van der Waals surface area contributed by atoms with Crippen LogP contribution in [0.2, 0.25) is 0 Å². The lowest BCUT2D eigenvalue weighted by molar-refractivity contribution is 0.600. The third-order valence-electron chi connectivity index (χ3n) is 17.2. The summed E-state index contributed by atoms with van der Waals surface area (Å²) >= 11 is 0. The molecule has 0 aliphatic heterocycles. The molecule has 5 heteroatoms. The number of rotatable bonds is 4. The highest BCUT2D eigenvalue weighted by Crippen LogP contribution is 2.64. The van der Waals surface area contributed by atoms with E-state index in [9.17, 15) is 0 Å². The van der Waals surface area contributed by atoms with Crippen molar-refractivity contribution in [2.75, 3.05) is 4.90 Å². The molecule has 9 aromatic carbocycles. The van der Waals surface area contributed by atoms with Crippen LogP contribution in [0.5, 0.6) is 0 Å². The minimum absolute atomic E-state index is 0.249. The van der Waals surface area contributed by atoms with E-state index in [2.05, 4.69) is 210 Å². The number of fused-ring (bicyclic) bond motifs is 22. The molecule has 348 valence electrons. The molecule has 0 spiro atoms. The molecule has 0 N–H and O–H groups in total. The fraction of sp³-hybridized carbons (Fsp3) is 0.132. The van der Waals surface area contributed by atoms with Crippen LogP contribution in [0.15, 0.2) is 195 Å². The summed E-state index contributed by atoms with van der Waals surface area (Å²) in [5.74, 6) is 0. The Morgan fingerprint density at radius 3 is 1.59 bits per heavy atom. The second-order valence-electron chi connectivity index (χ2n) is 22.2. The molecule has 0 saturated heterocycles. The van der Waals surface area contributed by atoms with E-state index in [0.29, 0.717) is 0 Å². The van der Waals surface area contributed by atoms with Crippen molar-refractivity contribution in [1.82, 2.24) is 4.98 Å². The molecule has 0 radical (unpaired) electrons. The summed E-state index contributed by atoms with van der Waals surface area (Å²) < 4.78 is 20.4. The van der Waals surface area contributed by atoms with E-state index in [1.165, 1.54) is 72.1 Å². The van der Waals surface area contributed by atoms with Crippen molar-refractivity contribution < 1.29 is 13.3 Å². The second kappa shape index (κ2) is 13.8. The summed E-state index contributed by atoms with van der Waals surface area (Å²) in [5, 5.41) is 6.82. The van der Waals surface area contributed by atoms with E-state index in [0.717, 1.165) is 88.7 Å². The first kappa shape index (κ1) is 41.0. The molecule has 16 rings (SSSR count). The van der Waals surface area contributed by atoms with E-state index < -0.39 is 0 Å². The summed E-state index contributed by atoms with van der Waals surface area (Å²) in [6, 6.07) is 63.8. The number of hydrogen-bond donors (Lipinski definition) is 0. The Labute approximate surface area is 421 Å². The Morgan fingerprint density at radius 1 is 0.356 bits per heavy atom. The zero-order chi connectivity index (χ0) is 48.9. The van der Waals surface area contributed by atoms with E-state index >= 15 is 0 Å². The largest absolute Gasteiger partial charge is 0.456 e. The Morgan fingerprint density at radius 2 is 0.877 bits per heavy atom. The fourth-order valence-electron chi connectivity index (χ4n) is 13.9. The van der Waals surface area contributed by atoms with Gasteiger partial charge >= 0.3 is 0 Å². The highest BCUT2D eigenvalue weighted by molar-refractivity contribution is 6.22. The molecule has 0 fully saturated rings. The number of aromatic nitrogens is 1. The minimum atomic E-state index is -0.365. The van der Waals surface area contributed by atoms with E-state index in [-0.39, 0.29) is 16.2 Å². The summed E-state index contributed by atoms with van der Waals surface area (Å²) in [7, 11) is 0. The standard InChI is InChI=1S/C68H48N2O3/c1-66(2)49-33-37(27-30-43(49)57-51(66)36-47(52-22-15-16-32-69-52)64-59(57)45-19-9-13-24-54(45)72-64)70(39-26-29-41-40-17-8-12-23-53(40)71-56(41)35-39)38-28-31-44-50(34-38)68(5,6)62-58(44)60-46-20-10-14-25-55(46)73-65(60)61-42-18-7-11-21-48(42)67(3,4)63(61)62/h7-36H,1-6H3. The lowest BCUT2D eigenvalue weighted by Crippen LogP contribution is -2.24. The third-order valence-corrected chi connectivity index (χ3v) is 17.2. The summed E-state index contributed by atoms with van der Waals surface area (Å²) in [5.41, 5.74) is 24.9. The Balaban J connectivity index is 0.937. The van der Waals surface area contributed by atoms with Crippen molar-refractivity contribution in [2.45, 2.75) is 57.8 Å². The van der Waals surface area contributed by atoms with Crippen LogP contribution < -0.4 is 4.90 Å². The SMILES string of the molecule is CC1(C)c2cc(N(c3ccc4c(c3)C(C)(C)c3c5c(c6oc7ccccc7c6c3-4)-c3ccccc3C5(C)C)c3ccc4c(c3)oc3ccccc34)ccc2-c2c1cc(-c1ccccn1)c1oc3ccccc3c21. The molecule has 0 amide bonds. The maximum atomic E-state index is 7.01. The van der Waals surface area contributed by atoms with Gasteiger partial charge in [-0.05, 0) is 134 Å². The molecule has 0 unspecified atom stereocenters. The molecular formula is C68H48N2O3. The number of pyridine rings is 1. The first-order valence-electron chi connectivity index (χ1n) is 25.5. The lowest BCUT2D eigenvalue weighted by atomic mass is 9.72. The van der Waals surface area contributed by atoms with Crippen LogP contribution in [-0.2, 0) is 16.2 Å². The smallest absolute Gasteiger partial charge is 0.145 e. The van der Waals surface area contributed by atoms with Crippen molar-refractivity contribution in [1.29, 1.82) is 0 Å². The molecule has 0 bridgehead atoms. The number of benzene rings is 9. The van der Waals surface area contributed by atoms with Gasteiger partial charge in [-0.15, -0.1) is 0 Å². The maximum Gasteiger partial charge on any atom is 0.145 e. The van der Waals surface area contributed by atoms with E-state index in [1.807, 2.05) is 18.3 Å². The molecular weight excluding hydrogens is 893 g/mol. The fourth-order valence-corrected chi connectivity index (χ4v) is 13.9. The molecule has 13 aromatic rings. The van der Waals surface area contributed by atoms with Crippen LogP contribution in [0.4, 0.5) is 17.1 Å². The van der Waals surface area contributed by atoms with Crippen molar-refractivity contribution in [3.63, 3.8) is 0 Å². The predicted octanol–water partition coefficient (Wildman–Crippen LogP) is 18.8. The summed E-state index contributed by atoms with van der Waals surface area (Å²) in [6.07, 6.45) is 1.87. The number of para-hydroxylation sites is 3. The van der Waals surface area contributed by atoms with Crippen LogP contribution in [0.3, 0.4) is 0 Å². The topological polar surface area (TPSA) is 55.6 Å². The van der Waals surface area contributed by atoms with Crippen LogP contribution >= 0.6 is 0 Å². The summed E-state index contributed by atoms with van der Waals surface area (Å²) in [6.45, 7) is 14.4. The normalized spacial score (nSPS) is 15.3. The van der Waals surface area contributed by atoms with Crippen molar-refractivity contribution in [3.05, 3.63) is 216 Å².